The number of aromatic nitrogens is 3. The molecule has 0 bridgehead atoms. The Hall–Kier alpha value is -1.95. The van der Waals surface area contributed by atoms with Crippen LogP contribution in [-0.2, 0) is 7.05 Å². The normalized spacial score (nSPS) is 15.6. The van der Waals surface area contributed by atoms with Crippen molar-refractivity contribution in [1.29, 1.82) is 0 Å². The van der Waals surface area contributed by atoms with Crippen LogP contribution in [0.3, 0.4) is 0 Å². The summed E-state index contributed by atoms with van der Waals surface area (Å²) >= 11 is 3.43. The zero-order chi connectivity index (χ0) is 18.6. The van der Waals surface area contributed by atoms with Gasteiger partial charge in [0.25, 0.3) is 5.56 Å². The molecule has 0 spiro atoms. The van der Waals surface area contributed by atoms with Crippen molar-refractivity contribution in [3.8, 4) is 0 Å². The Bertz CT molecular complexity index is 1140. The fourth-order valence-corrected chi connectivity index (χ4v) is 4.49. The third kappa shape index (κ3) is 2.54. The van der Waals surface area contributed by atoms with Crippen LogP contribution in [0.4, 0.5) is 0 Å². The molecule has 136 valence electrons. The summed E-state index contributed by atoms with van der Waals surface area (Å²) in [6.45, 7) is 4.10. The fraction of sp³-hybridized carbons (Fsp3) is 0.450. The highest BCUT2D eigenvalue weighted by atomic mass is 79.9. The average Bonchev–Trinajstić information content (AvgIpc) is 3.12. The third-order valence-electron chi connectivity index (χ3n) is 5.44. The van der Waals surface area contributed by atoms with Crippen LogP contribution in [0.5, 0.6) is 0 Å². The van der Waals surface area contributed by atoms with Crippen LogP contribution in [0.15, 0.2) is 32.3 Å². The van der Waals surface area contributed by atoms with Gasteiger partial charge in [-0.3, -0.25) is 14.2 Å². The van der Waals surface area contributed by atoms with Gasteiger partial charge >= 0.3 is 0 Å². The number of aryl methyl sites for hydroxylation is 1. The molecule has 0 amide bonds. The molecule has 0 aliphatic heterocycles. The number of fused-ring (bicyclic) bond motifs is 2. The zero-order valence-electron chi connectivity index (χ0n) is 15.3. The fourth-order valence-electron chi connectivity index (χ4n) is 4.13. The van der Waals surface area contributed by atoms with Gasteiger partial charge in [0.05, 0.1) is 5.52 Å². The Morgan fingerprint density at radius 1 is 1.19 bits per heavy atom. The van der Waals surface area contributed by atoms with Gasteiger partial charge in [-0.15, -0.1) is 0 Å². The SMILES string of the molecule is CC(C)c1nc2c(c(=O)c3cc(Br)ccc3n2C)c(=O)n1C1CCCC1. The molecule has 1 aromatic carbocycles. The van der Waals surface area contributed by atoms with Crippen LogP contribution >= 0.6 is 15.9 Å². The topological polar surface area (TPSA) is 56.9 Å². The van der Waals surface area contributed by atoms with E-state index in [0.717, 1.165) is 41.5 Å². The summed E-state index contributed by atoms with van der Waals surface area (Å²) in [7, 11) is 1.87. The lowest BCUT2D eigenvalue weighted by Crippen LogP contribution is -2.33. The van der Waals surface area contributed by atoms with Crippen molar-refractivity contribution in [3.63, 3.8) is 0 Å². The second kappa shape index (κ2) is 6.34. The largest absolute Gasteiger partial charge is 0.328 e. The van der Waals surface area contributed by atoms with E-state index in [1.54, 1.807) is 6.07 Å². The van der Waals surface area contributed by atoms with Crippen molar-refractivity contribution in [3.05, 3.63) is 49.1 Å². The van der Waals surface area contributed by atoms with E-state index < -0.39 is 0 Å². The second-order valence-corrected chi connectivity index (χ2v) is 8.40. The van der Waals surface area contributed by atoms with Crippen LogP contribution in [0.25, 0.3) is 21.9 Å². The van der Waals surface area contributed by atoms with Crippen molar-refractivity contribution < 1.29 is 0 Å². The molecule has 1 fully saturated rings. The van der Waals surface area contributed by atoms with E-state index in [2.05, 4.69) is 29.8 Å². The molecular weight excluding hydrogens is 394 g/mol. The molecule has 0 unspecified atom stereocenters. The van der Waals surface area contributed by atoms with Crippen molar-refractivity contribution in [1.82, 2.24) is 14.1 Å². The minimum atomic E-state index is -0.228. The first kappa shape index (κ1) is 17.5. The van der Waals surface area contributed by atoms with Crippen molar-refractivity contribution in [2.75, 3.05) is 0 Å². The molecule has 2 aromatic heterocycles. The molecule has 5 nitrogen and oxygen atoms in total. The Kier molecular flexibility index (Phi) is 4.26. The summed E-state index contributed by atoms with van der Waals surface area (Å²) in [5.74, 6) is 0.893. The van der Waals surface area contributed by atoms with Gasteiger partial charge in [-0.2, -0.15) is 0 Å². The lowest BCUT2D eigenvalue weighted by molar-refractivity contribution is 0.464. The van der Waals surface area contributed by atoms with E-state index in [1.165, 1.54) is 0 Å². The quantitative estimate of drug-likeness (QED) is 0.587. The molecule has 4 rings (SSSR count). The molecule has 26 heavy (non-hydrogen) atoms. The van der Waals surface area contributed by atoms with Gasteiger partial charge in [-0.05, 0) is 31.0 Å². The molecule has 0 atom stereocenters. The van der Waals surface area contributed by atoms with Crippen LogP contribution < -0.4 is 11.0 Å². The Morgan fingerprint density at radius 3 is 2.54 bits per heavy atom. The first-order valence-corrected chi connectivity index (χ1v) is 9.94. The predicted molar refractivity (Wildman–Crippen MR) is 108 cm³/mol. The van der Waals surface area contributed by atoms with Gasteiger partial charge in [-0.1, -0.05) is 42.6 Å². The van der Waals surface area contributed by atoms with E-state index in [4.69, 9.17) is 4.98 Å². The lowest BCUT2D eigenvalue weighted by Gasteiger charge is -2.22. The molecule has 0 radical (unpaired) electrons. The summed E-state index contributed by atoms with van der Waals surface area (Å²) in [5, 5.41) is 0.748. The van der Waals surface area contributed by atoms with Crippen LogP contribution in [0.1, 0.15) is 57.3 Å². The summed E-state index contributed by atoms with van der Waals surface area (Å²) in [4.78, 5) is 31.4. The molecule has 1 saturated carbocycles. The standard InChI is InChI=1S/C20H22BrN3O2/c1-11(2)18-22-19-16(20(26)24(18)13-6-4-5-7-13)17(25)14-10-12(21)8-9-15(14)23(19)3/h8-11,13H,4-7H2,1-3H3. The highest BCUT2D eigenvalue weighted by Gasteiger charge is 2.26. The van der Waals surface area contributed by atoms with Crippen LogP contribution in [0, 0.1) is 0 Å². The highest BCUT2D eigenvalue weighted by Crippen LogP contribution is 2.31. The Labute approximate surface area is 159 Å². The van der Waals surface area contributed by atoms with Crippen molar-refractivity contribution in [2.45, 2.75) is 51.5 Å². The number of halogens is 1. The molecule has 2 heterocycles. The first-order chi connectivity index (χ1) is 12.4. The minimum Gasteiger partial charge on any atom is -0.328 e. The van der Waals surface area contributed by atoms with E-state index in [-0.39, 0.29) is 28.3 Å². The van der Waals surface area contributed by atoms with Gasteiger partial charge in [-0.25, -0.2) is 4.98 Å². The molecule has 3 aromatic rings. The van der Waals surface area contributed by atoms with E-state index >= 15 is 0 Å². The summed E-state index contributed by atoms with van der Waals surface area (Å²) in [6.07, 6.45) is 4.20. The van der Waals surface area contributed by atoms with Gasteiger partial charge < -0.3 is 4.57 Å². The van der Waals surface area contributed by atoms with Gasteiger partial charge in [0.15, 0.2) is 5.65 Å². The van der Waals surface area contributed by atoms with E-state index in [0.29, 0.717) is 11.0 Å². The molecule has 1 aliphatic rings. The van der Waals surface area contributed by atoms with E-state index in [9.17, 15) is 9.59 Å². The smallest absolute Gasteiger partial charge is 0.267 e. The first-order valence-electron chi connectivity index (χ1n) is 9.14. The number of hydrogen-bond donors (Lipinski definition) is 0. The molecule has 0 N–H and O–H groups in total. The monoisotopic (exact) mass is 415 g/mol. The number of hydrogen-bond acceptors (Lipinski definition) is 3. The highest BCUT2D eigenvalue weighted by molar-refractivity contribution is 9.10. The lowest BCUT2D eigenvalue weighted by atomic mass is 10.1. The number of benzene rings is 1. The van der Waals surface area contributed by atoms with Gasteiger partial charge in [0, 0.05) is 28.9 Å². The second-order valence-electron chi connectivity index (χ2n) is 7.49. The molecule has 6 heteroatoms. The van der Waals surface area contributed by atoms with Crippen molar-refractivity contribution >= 4 is 37.9 Å². The summed E-state index contributed by atoms with van der Waals surface area (Å²) in [6, 6.07) is 5.72. The minimum absolute atomic E-state index is 0.114. The average molecular weight is 416 g/mol. The molecule has 1 aliphatic carbocycles. The summed E-state index contributed by atoms with van der Waals surface area (Å²) < 4.78 is 4.50. The Balaban J connectivity index is 2.20. The maximum Gasteiger partial charge on any atom is 0.267 e. The van der Waals surface area contributed by atoms with Crippen LogP contribution in [0.2, 0.25) is 0 Å². The maximum atomic E-state index is 13.4. The Morgan fingerprint density at radius 2 is 1.88 bits per heavy atom. The predicted octanol–water partition coefficient (Wildman–Crippen LogP) is 4.25. The maximum absolute atomic E-state index is 13.4. The molecule has 0 saturated heterocycles. The summed E-state index contributed by atoms with van der Waals surface area (Å²) in [5.41, 5.74) is 0.848. The third-order valence-corrected chi connectivity index (χ3v) is 5.93. The van der Waals surface area contributed by atoms with Gasteiger partial charge in [0.1, 0.15) is 11.2 Å². The van der Waals surface area contributed by atoms with Crippen molar-refractivity contribution in [2.24, 2.45) is 7.05 Å². The van der Waals surface area contributed by atoms with E-state index in [1.807, 2.05) is 28.3 Å². The number of rotatable bonds is 2. The number of pyridine rings is 1. The van der Waals surface area contributed by atoms with Crippen LogP contribution in [-0.4, -0.2) is 14.1 Å². The number of nitrogens with zero attached hydrogens (tertiary/aromatic N) is 3. The zero-order valence-corrected chi connectivity index (χ0v) is 16.8. The van der Waals surface area contributed by atoms with Gasteiger partial charge in [0.2, 0.25) is 5.43 Å². The molecular formula is C20H22BrN3O2.